The van der Waals surface area contributed by atoms with Crippen LogP contribution in [-0.2, 0) is 4.79 Å². The number of anilines is 2. The zero-order valence-corrected chi connectivity index (χ0v) is 13.0. The third-order valence-electron chi connectivity index (χ3n) is 3.07. The monoisotopic (exact) mass is 322 g/mol. The molecule has 22 heavy (non-hydrogen) atoms. The molecule has 0 aliphatic heterocycles. The molecule has 0 radical (unpaired) electrons. The second-order valence-corrected chi connectivity index (χ2v) is 5.12. The van der Waals surface area contributed by atoms with E-state index in [1.165, 1.54) is 19.2 Å². The quantitative estimate of drug-likeness (QED) is 0.879. The van der Waals surface area contributed by atoms with Gasteiger partial charge in [-0.05, 0) is 42.8 Å². The van der Waals surface area contributed by atoms with Crippen molar-refractivity contribution in [1.29, 1.82) is 0 Å². The van der Waals surface area contributed by atoms with Gasteiger partial charge in [0, 0.05) is 11.4 Å². The first-order chi connectivity index (χ1) is 10.5. The Balaban J connectivity index is 1.95. The van der Waals surface area contributed by atoms with Gasteiger partial charge in [0.05, 0.1) is 18.7 Å². The summed E-state index contributed by atoms with van der Waals surface area (Å²) in [6, 6.07) is 9.34. The summed E-state index contributed by atoms with van der Waals surface area (Å²) in [6.07, 6.45) is 0. The highest BCUT2D eigenvalue weighted by Gasteiger charge is 2.07. The molecule has 0 atom stereocenters. The SMILES string of the molecule is COc1ccc(NC(=O)CNc2cc(F)ccc2C)cc1Cl. The molecular weight excluding hydrogens is 307 g/mol. The summed E-state index contributed by atoms with van der Waals surface area (Å²) >= 11 is 5.99. The summed E-state index contributed by atoms with van der Waals surface area (Å²) in [7, 11) is 1.52. The Bertz CT molecular complexity index is 692. The van der Waals surface area contributed by atoms with Gasteiger partial charge in [-0.1, -0.05) is 17.7 Å². The minimum atomic E-state index is -0.351. The summed E-state index contributed by atoms with van der Waals surface area (Å²) < 4.78 is 18.2. The molecule has 0 fully saturated rings. The van der Waals surface area contributed by atoms with Gasteiger partial charge < -0.3 is 15.4 Å². The van der Waals surface area contributed by atoms with Gasteiger partial charge in [-0.15, -0.1) is 0 Å². The fourth-order valence-corrected chi connectivity index (χ4v) is 2.17. The maximum Gasteiger partial charge on any atom is 0.243 e. The van der Waals surface area contributed by atoms with Crippen LogP contribution in [0.1, 0.15) is 5.56 Å². The maximum absolute atomic E-state index is 13.2. The first-order valence-electron chi connectivity index (χ1n) is 6.63. The number of hydrogen-bond acceptors (Lipinski definition) is 3. The topological polar surface area (TPSA) is 50.4 Å². The van der Waals surface area contributed by atoms with Crippen LogP contribution in [-0.4, -0.2) is 19.6 Å². The van der Waals surface area contributed by atoms with E-state index in [1.54, 1.807) is 24.3 Å². The van der Waals surface area contributed by atoms with Crippen LogP contribution in [0.25, 0.3) is 0 Å². The number of carbonyl (C=O) groups excluding carboxylic acids is 1. The number of carbonyl (C=O) groups is 1. The van der Waals surface area contributed by atoms with Crippen LogP contribution in [0.15, 0.2) is 36.4 Å². The van der Waals surface area contributed by atoms with Crippen molar-refractivity contribution >= 4 is 28.9 Å². The van der Waals surface area contributed by atoms with E-state index < -0.39 is 0 Å². The normalized spacial score (nSPS) is 10.2. The van der Waals surface area contributed by atoms with Gasteiger partial charge >= 0.3 is 0 Å². The molecule has 1 amide bonds. The van der Waals surface area contributed by atoms with Crippen LogP contribution in [0, 0.1) is 12.7 Å². The fourth-order valence-electron chi connectivity index (χ4n) is 1.91. The number of aryl methyl sites for hydroxylation is 1. The zero-order chi connectivity index (χ0) is 16.1. The molecule has 6 heteroatoms. The predicted octanol–water partition coefficient (Wildman–Crippen LogP) is 3.85. The Morgan fingerprint density at radius 1 is 1.27 bits per heavy atom. The average Bonchev–Trinajstić information content (AvgIpc) is 2.48. The van der Waals surface area contributed by atoms with Gasteiger partial charge in [0.25, 0.3) is 0 Å². The highest BCUT2D eigenvalue weighted by atomic mass is 35.5. The lowest BCUT2D eigenvalue weighted by molar-refractivity contribution is -0.114. The summed E-state index contributed by atoms with van der Waals surface area (Å²) in [5.41, 5.74) is 2.01. The van der Waals surface area contributed by atoms with Crippen molar-refractivity contribution in [2.24, 2.45) is 0 Å². The molecule has 0 spiro atoms. The minimum Gasteiger partial charge on any atom is -0.495 e. The van der Waals surface area contributed by atoms with Crippen molar-refractivity contribution in [3.8, 4) is 5.75 Å². The zero-order valence-electron chi connectivity index (χ0n) is 12.2. The van der Waals surface area contributed by atoms with Crippen molar-refractivity contribution in [1.82, 2.24) is 0 Å². The summed E-state index contributed by atoms with van der Waals surface area (Å²) in [5.74, 6) is -0.0754. The van der Waals surface area contributed by atoms with Gasteiger partial charge in [-0.2, -0.15) is 0 Å². The van der Waals surface area contributed by atoms with Gasteiger partial charge in [-0.25, -0.2) is 4.39 Å². The van der Waals surface area contributed by atoms with E-state index in [0.717, 1.165) is 5.56 Å². The molecule has 0 unspecified atom stereocenters. The summed E-state index contributed by atoms with van der Waals surface area (Å²) in [5, 5.41) is 6.02. The molecule has 0 heterocycles. The van der Waals surface area contributed by atoms with Crippen molar-refractivity contribution in [3.63, 3.8) is 0 Å². The van der Waals surface area contributed by atoms with Crippen molar-refractivity contribution < 1.29 is 13.9 Å². The molecule has 4 nitrogen and oxygen atoms in total. The van der Waals surface area contributed by atoms with Crippen molar-refractivity contribution in [3.05, 3.63) is 52.8 Å². The molecule has 2 rings (SSSR count). The molecule has 2 N–H and O–H groups in total. The third-order valence-corrected chi connectivity index (χ3v) is 3.37. The highest BCUT2D eigenvalue weighted by Crippen LogP contribution is 2.27. The third kappa shape index (κ3) is 4.11. The van der Waals surface area contributed by atoms with Crippen LogP contribution in [0.5, 0.6) is 5.75 Å². The molecule has 0 aliphatic carbocycles. The average molecular weight is 323 g/mol. The van der Waals surface area contributed by atoms with Crippen LogP contribution >= 0.6 is 11.6 Å². The van der Waals surface area contributed by atoms with E-state index in [0.29, 0.717) is 22.1 Å². The molecule has 2 aromatic carbocycles. The number of methoxy groups -OCH3 is 1. The molecule has 116 valence electrons. The lowest BCUT2D eigenvalue weighted by atomic mass is 10.2. The first-order valence-corrected chi connectivity index (χ1v) is 7.01. The van der Waals surface area contributed by atoms with Crippen LogP contribution in [0.2, 0.25) is 5.02 Å². The molecule has 0 bridgehead atoms. The Hall–Kier alpha value is -2.27. The first kappa shape index (κ1) is 16.1. The highest BCUT2D eigenvalue weighted by molar-refractivity contribution is 6.32. The standard InChI is InChI=1S/C16H16ClFN2O2/c1-10-3-4-11(18)7-14(10)19-9-16(21)20-12-5-6-15(22-2)13(17)8-12/h3-8,19H,9H2,1-2H3,(H,20,21). The van der Waals surface area contributed by atoms with Crippen LogP contribution in [0.4, 0.5) is 15.8 Å². The Morgan fingerprint density at radius 3 is 2.73 bits per heavy atom. The molecule has 0 aromatic heterocycles. The Labute approximate surface area is 133 Å². The second-order valence-electron chi connectivity index (χ2n) is 4.71. The van der Waals surface area contributed by atoms with Crippen molar-refractivity contribution in [2.75, 3.05) is 24.3 Å². The van der Waals surface area contributed by atoms with E-state index in [2.05, 4.69) is 10.6 Å². The summed E-state index contributed by atoms with van der Waals surface area (Å²) in [4.78, 5) is 11.9. The van der Waals surface area contributed by atoms with Gasteiger partial charge in [0.15, 0.2) is 0 Å². The number of ether oxygens (including phenoxy) is 1. The predicted molar refractivity (Wildman–Crippen MR) is 86.3 cm³/mol. The Morgan fingerprint density at radius 2 is 2.05 bits per heavy atom. The van der Waals surface area contributed by atoms with E-state index in [9.17, 15) is 9.18 Å². The van der Waals surface area contributed by atoms with Gasteiger partial charge in [-0.3, -0.25) is 4.79 Å². The fraction of sp³-hybridized carbons (Fsp3) is 0.188. The molecule has 0 saturated carbocycles. The maximum atomic E-state index is 13.2. The number of hydrogen-bond donors (Lipinski definition) is 2. The lowest BCUT2D eigenvalue weighted by Crippen LogP contribution is -2.22. The number of halogens is 2. The smallest absolute Gasteiger partial charge is 0.243 e. The van der Waals surface area contributed by atoms with Gasteiger partial charge in [0.1, 0.15) is 11.6 Å². The molecular formula is C16H16ClFN2O2. The van der Waals surface area contributed by atoms with E-state index in [1.807, 2.05) is 6.92 Å². The van der Waals surface area contributed by atoms with Crippen LogP contribution < -0.4 is 15.4 Å². The number of nitrogens with one attached hydrogen (secondary N) is 2. The summed E-state index contributed by atoms with van der Waals surface area (Å²) in [6.45, 7) is 1.86. The Kier molecular flexibility index (Phi) is 5.22. The number of rotatable bonds is 5. The molecule has 0 aliphatic rings. The second kappa shape index (κ2) is 7.13. The van der Waals surface area contributed by atoms with Crippen molar-refractivity contribution in [2.45, 2.75) is 6.92 Å². The number of benzene rings is 2. The van der Waals surface area contributed by atoms with E-state index in [-0.39, 0.29) is 18.3 Å². The number of amides is 1. The molecule has 0 saturated heterocycles. The molecule has 2 aromatic rings. The largest absolute Gasteiger partial charge is 0.495 e. The van der Waals surface area contributed by atoms with E-state index >= 15 is 0 Å². The van der Waals surface area contributed by atoms with Gasteiger partial charge in [0.2, 0.25) is 5.91 Å². The lowest BCUT2D eigenvalue weighted by Gasteiger charge is -2.11. The van der Waals surface area contributed by atoms with E-state index in [4.69, 9.17) is 16.3 Å². The minimum absolute atomic E-state index is 0.0218. The van der Waals surface area contributed by atoms with Crippen LogP contribution in [0.3, 0.4) is 0 Å².